The number of halogens is 2. The van der Waals surface area contributed by atoms with Crippen LogP contribution in [0, 0.1) is 5.92 Å². The van der Waals surface area contributed by atoms with E-state index in [-0.39, 0.29) is 18.2 Å². The first-order valence-electron chi connectivity index (χ1n) is 6.39. The summed E-state index contributed by atoms with van der Waals surface area (Å²) in [6.07, 6.45) is 4.07. The molecule has 1 aromatic rings. The highest BCUT2D eigenvalue weighted by Crippen LogP contribution is 2.22. The first-order valence-corrected chi connectivity index (χ1v) is 6.77. The van der Waals surface area contributed by atoms with Gasteiger partial charge >= 0.3 is 5.97 Å². The van der Waals surface area contributed by atoms with Crippen molar-refractivity contribution in [1.82, 2.24) is 0 Å². The van der Waals surface area contributed by atoms with Gasteiger partial charge in [-0.05, 0) is 24.3 Å². The lowest BCUT2D eigenvalue weighted by Crippen LogP contribution is -3.06. The van der Waals surface area contributed by atoms with E-state index in [0.29, 0.717) is 29.2 Å². The number of carboxylic acid groups (broad SMARTS) is 1. The molecule has 0 aromatic heterocycles. The molecule has 3 rings (SSSR count). The molecule has 0 bridgehead atoms. The largest absolute Gasteiger partial charge is 1.00 e. The maximum absolute atomic E-state index is 12.5. The monoisotopic (exact) mass is 325 g/mol. The SMILES string of the molecule is O=C(C1=CC=C2C(C(=O)O)CC[NH+]12)c1ccc(Cl)cc1.[Cl-]. The number of hydrogen-bond donors (Lipinski definition) is 2. The number of carboxylic acids is 1. The molecule has 21 heavy (non-hydrogen) atoms. The number of Topliss-reactive ketones (excluding diaryl/α,β-unsaturated/α-hetero) is 1. The molecule has 110 valence electrons. The quantitative estimate of drug-likeness (QED) is 0.651. The standard InChI is InChI=1S/C15H12ClNO3.ClH/c16-10-3-1-9(2-4-10)14(18)13-6-5-12-11(15(19)20)7-8-17(12)13;/h1-6,11H,7-8H2,(H,19,20);1H. The fraction of sp³-hybridized carbons (Fsp3) is 0.200. The molecule has 1 fully saturated rings. The molecule has 2 aliphatic rings. The number of fused-ring (bicyclic) bond motifs is 1. The van der Waals surface area contributed by atoms with Gasteiger partial charge in [0, 0.05) is 29.2 Å². The minimum absolute atomic E-state index is 0. The number of quaternary nitrogens is 1. The van der Waals surface area contributed by atoms with E-state index in [9.17, 15) is 9.59 Å². The summed E-state index contributed by atoms with van der Waals surface area (Å²) in [4.78, 5) is 24.5. The van der Waals surface area contributed by atoms with Crippen molar-refractivity contribution < 1.29 is 32.0 Å². The Morgan fingerprint density at radius 1 is 1.19 bits per heavy atom. The summed E-state index contributed by atoms with van der Waals surface area (Å²) in [7, 11) is 0. The Hall–Kier alpha value is -1.62. The predicted molar refractivity (Wildman–Crippen MR) is 73.5 cm³/mol. The lowest BCUT2D eigenvalue weighted by atomic mass is 10.1. The van der Waals surface area contributed by atoms with Crippen LogP contribution in [0.5, 0.6) is 0 Å². The fourth-order valence-corrected chi connectivity index (χ4v) is 2.93. The van der Waals surface area contributed by atoms with Crippen LogP contribution in [0.25, 0.3) is 0 Å². The van der Waals surface area contributed by atoms with Gasteiger partial charge in [0.15, 0.2) is 5.70 Å². The average Bonchev–Trinajstić information content (AvgIpc) is 2.99. The second-order valence-corrected chi connectivity index (χ2v) is 5.38. The number of rotatable bonds is 3. The minimum atomic E-state index is -0.820. The Balaban J connectivity index is 0.00000161. The Kier molecular flexibility index (Phi) is 4.52. The van der Waals surface area contributed by atoms with Gasteiger partial charge in [0.1, 0.15) is 11.6 Å². The molecule has 0 aliphatic carbocycles. The molecule has 2 aliphatic heterocycles. The molecule has 1 saturated heterocycles. The summed E-state index contributed by atoms with van der Waals surface area (Å²) in [6.45, 7) is 0.647. The van der Waals surface area contributed by atoms with Gasteiger partial charge in [-0.1, -0.05) is 11.6 Å². The van der Waals surface area contributed by atoms with Crippen molar-refractivity contribution in [2.75, 3.05) is 6.54 Å². The van der Waals surface area contributed by atoms with Crippen molar-refractivity contribution in [2.24, 2.45) is 5.92 Å². The lowest BCUT2D eigenvalue weighted by molar-refractivity contribution is -0.801. The first-order chi connectivity index (χ1) is 9.58. The molecular weight excluding hydrogens is 313 g/mol. The van der Waals surface area contributed by atoms with Crippen molar-refractivity contribution in [3.05, 3.63) is 58.4 Å². The summed E-state index contributed by atoms with van der Waals surface area (Å²) in [6, 6.07) is 6.73. The van der Waals surface area contributed by atoms with Crippen LogP contribution in [-0.2, 0) is 4.79 Å². The smallest absolute Gasteiger partial charge is 0.316 e. The van der Waals surface area contributed by atoms with Gasteiger partial charge in [0.2, 0.25) is 5.78 Å². The molecule has 6 heteroatoms. The number of allylic oxidation sites excluding steroid dienone is 3. The highest BCUT2D eigenvalue weighted by Gasteiger charge is 2.44. The van der Waals surface area contributed by atoms with Gasteiger partial charge in [-0.15, -0.1) is 0 Å². The molecule has 2 heterocycles. The average molecular weight is 326 g/mol. The van der Waals surface area contributed by atoms with Crippen molar-refractivity contribution >= 4 is 23.4 Å². The Labute approximate surface area is 133 Å². The Bertz CT molecular complexity index is 649. The minimum Gasteiger partial charge on any atom is -1.00 e. The number of hydrogen-bond acceptors (Lipinski definition) is 2. The van der Waals surface area contributed by atoms with Gasteiger partial charge in [-0.25, -0.2) is 0 Å². The van der Waals surface area contributed by atoms with E-state index in [4.69, 9.17) is 16.7 Å². The number of carbonyl (C=O) groups is 2. The van der Waals surface area contributed by atoms with Crippen LogP contribution in [0.4, 0.5) is 0 Å². The van der Waals surface area contributed by atoms with E-state index in [1.807, 2.05) is 0 Å². The number of nitrogens with one attached hydrogen (secondary N) is 1. The zero-order chi connectivity index (χ0) is 14.3. The maximum atomic E-state index is 12.5. The molecule has 1 aromatic carbocycles. The zero-order valence-corrected chi connectivity index (χ0v) is 12.5. The summed E-state index contributed by atoms with van der Waals surface area (Å²) >= 11 is 5.81. The van der Waals surface area contributed by atoms with Crippen LogP contribution >= 0.6 is 11.6 Å². The van der Waals surface area contributed by atoms with E-state index in [1.54, 1.807) is 36.4 Å². The molecule has 0 amide bonds. The molecule has 4 nitrogen and oxygen atoms in total. The number of benzene rings is 1. The normalized spacial score (nSPS) is 22.9. The third-order valence-corrected chi connectivity index (χ3v) is 4.06. The van der Waals surface area contributed by atoms with Crippen LogP contribution in [0.2, 0.25) is 5.02 Å². The van der Waals surface area contributed by atoms with Gasteiger partial charge in [0.05, 0.1) is 6.54 Å². The molecular formula is C15H13Cl2NO3. The molecule has 0 saturated carbocycles. The van der Waals surface area contributed by atoms with E-state index in [2.05, 4.69) is 0 Å². The predicted octanol–water partition coefficient (Wildman–Crippen LogP) is -1.70. The van der Waals surface area contributed by atoms with Crippen molar-refractivity contribution in [2.45, 2.75) is 6.42 Å². The number of aliphatic carboxylic acids is 1. The molecule has 2 atom stereocenters. The number of ketones is 1. The van der Waals surface area contributed by atoms with Crippen LogP contribution in [0.15, 0.2) is 47.8 Å². The molecule has 0 spiro atoms. The summed E-state index contributed by atoms with van der Waals surface area (Å²) in [5.41, 5.74) is 1.97. The van der Waals surface area contributed by atoms with Gasteiger partial charge < -0.3 is 17.5 Å². The zero-order valence-electron chi connectivity index (χ0n) is 11.0. The van der Waals surface area contributed by atoms with Crippen LogP contribution in [0.1, 0.15) is 16.8 Å². The first kappa shape index (κ1) is 15.8. The highest BCUT2D eigenvalue weighted by atomic mass is 35.5. The summed E-state index contributed by atoms with van der Waals surface area (Å²) < 4.78 is 0. The van der Waals surface area contributed by atoms with Crippen LogP contribution < -0.4 is 17.3 Å². The highest BCUT2D eigenvalue weighted by molar-refractivity contribution is 6.30. The number of carbonyl (C=O) groups excluding carboxylic acids is 1. The third kappa shape index (κ3) is 2.75. The Morgan fingerprint density at radius 3 is 2.48 bits per heavy atom. The second-order valence-electron chi connectivity index (χ2n) is 4.95. The van der Waals surface area contributed by atoms with Gasteiger partial charge in [-0.3, -0.25) is 14.5 Å². The van der Waals surface area contributed by atoms with Crippen molar-refractivity contribution in [3.63, 3.8) is 0 Å². The molecule has 2 N–H and O–H groups in total. The van der Waals surface area contributed by atoms with Crippen molar-refractivity contribution in [1.29, 1.82) is 0 Å². The van der Waals surface area contributed by atoms with E-state index >= 15 is 0 Å². The van der Waals surface area contributed by atoms with Crippen molar-refractivity contribution in [3.8, 4) is 0 Å². The molecule has 2 unspecified atom stereocenters. The van der Waals surface area contributed by atoms with E-state index in [1.165, 1.54) is 0 Å². The van der Waals surface area contributed by atoms with Crippen LogP contribution in [-0.4, -0.2) is 23.4 Å². The Morgan fingerprint density at radius 2 is 1.86 bits per heavy atom. The van der Waals surface area contributed by atoms with Gasteiger partial charge in [0.25, 0.3) is 0 Å². The van der Waals surface area contributed by atoms with E-state index < -0.39 is 11.9 Å². The summed E-state index contributed by atoms with van der Waals surface area (Å²) in [5, 5.41) is 9.74. The lowest BCUT2D eigenvalue weighted by Gasteiger charge is -2.12. The van der Waals surface area contributed by atoms with Gasteiger partial charge in [-0.2, -0.15) is 0 Å². The fourth-order valence-electron chi connectivity index (χ4n) is 2.81. The van der Waals surface area contributed by atoms with E-state index in [0.717, 1.165) is 10.6 Å². The summed E-state index contributed by atoms with van der Waals surface area (Å²) in [5.74, 6) is -1.37. The van der Waals surface area contributed by atoms with Crippen LogP contribution in [0.3, 0.4) is 0 Å². The maximum Gasteiger partial charge on any atom is 0.316 e. The molecule has 0 radical (unpaired) electrons. The topological polar surface area (TPSA) is 58.8 Å². The third-order valence-electron chi connectivity index (χ3n) is 3.81. The second kappa shape index (κ2) is 6.02.